The lowest BCUT2D eigenvalue weighted by Gasteiger charge is -2.25. The lowest BCUT2D eigenvalue weighted by atomic mass is 9.98. The Morgan fingerprint density at radius 1 is 1.06 bits per heavy atom. The van der Waals surface area contributed by atoms with Gasteiger partial charge >= 0.3 is 0 Å². The summed E-state index contributed by atoms with van der Waals surface area (Å²) >= 11 is 0. The summed E-state index contributed by atoms with van der Waals surface area (Å²) in [5.41, 5.74) is 2.68. The van der Waals surface area contributed by atoms with Gasteiger partial charge in [0.2, 0.25) is 5.95 Å². The van der Waals surface area contributed by atoms with Gasteiger partial charge in [-0.05, 0) is 42.0 Å². The molecular formula is C23H19N7O2. The highest BCUT2D eigenvalue weighted by atomic mass is 16.5. The molecule has 32 heavy (non-hydrogen) atoms. The first-order chi connectivity index (χ1) is 15.7. The van der Waals surface area contributed by atoms with Crippen molar-refractivity contribution in [2.75, 3.05) is 17.7 Å². The van der Waals surface area contributed by atoms with Crippen LogP contribution in [0.5, 0.6) is 5.75 Å². The fourth-order valence-electron chi connectivity index (χ4n) is 3.57. The highest BCUT2D eigenvalue weighted by molar-refractivity contribution is 6.06. The second kappa shape index (κ2) is 8.31. The maximum absolute atomic E-state index is 13.3. The molecule has 1 aliphatic heterocycles. The Labute approximate surface area is 183 Å². The van der Waals surface area contributed by atoms with Gasteiger partial charge in [0.25, 0.3) is 5.91 Å². The highest BCUT2D eigenvalue weighted by Gasteiger charge is 2.32. The van der Waals surface area contributed by atoms with Gasteiger partial charge in [-0.2, -0.15) is 4.98 Å². The molecule has 4 aromatic rings. The number of amides is 1. The number of anilines is 2. The number of hydrogen-bond acceptors (Lipinski definition) is 7. The van der Waals surface area contributed by atoms with Gasteiger partial charge in [-0.3, -0.25) is 14.8 Å². The van der Waals surface area contributed by atoms with Gasteiger partial charge in [-0.15, -0.1) is 5.10 Å². The van der Waals surface area contributed by atoms with Gasteiger partial charge in [0, 0.05) is 36.6 Å². The molecular weight excluding hydrogens is 406 g/mol. The maximum atomic E-state index is 13.3. The Morgan fingerprint density at radius 2 is 1.91 bits per heavy atom. The van der Waals surface area contributed by atoms with E-state index in [1.807, 2.05) is 36.4 Å². The molecule has 158 valence electrons. The molecule has 9 nitrogen and oxygen atoms in total. The maximum Gasteiger partial charge on any atom is 0.255 e. The Morgan fingerprint density at radius 3 is 2.69 bits per heavy atom. The first kappa shape index (κ1) is 19.4. The average Bonchev–Trinajstić information content (AvgIpc) is 3.29. The monoisotopic (exact) mass is 425 g/mol. The van der Waals surface area contributed by atoms with Gasteiger partial charge in [0.05, 0.1) is 18.4 Å². The number of para-hydroxylation sites is 2. The number of methoxy groups -OCH3 is 1. The summed E-state index contributed by atoms with van der Waals surface area (Å²) in [5.74, 6) is 1.33. The van der Waals surface area contributed by atoms with Gasteiger partial charge in [-0.25, -0.2) is 4.68 Å². The Kier molecular flexibility index (Phi) is 5.04. The predicted octanol–water partition coefficient (Wildman–Crippen LogP) is 3.28. The summed E-state index contributed by atoms with van der Waals surface area (Å²) in [6, 6.07) is 14.2. The van der Waals surface area contributed by atoms with Crippen molar-refractivity contribution in [3.63, 3.8) is 0 Å². The third-order valence-corrected chi connectivity index (χ3v) is 5.09. The van der Waals surface area contributed by atoms with E-state index in [4.69, 9.17) is 4.74 Å². The Hall–Kier alpha value is -4.53. The lowest BCUT2D eigenvalue weighted by Crippen LogP contribution is -2.29. The lowest BCUT2D eigenvalue weighted by molar-refractivity contribution is -0.113. The van der Waals surface area contributed by atoms with Crippen LogP contribution in [0.4, 0.5) is 11.6 Å². The summed E-state index contributed by atoms with van der Waals surface area (Å²) in [6.45, 7) is 0. The van der Waals surface area contributed by atoms with E-state index in [2.05, 4.69) is 30.7 Å². The van der Waals surface area contributed by atoms with Crippen LogP contribution in [0.3, 0.4) is 0 Å². The highest BCUT2D eigenvalue weighted by Crippen LogP contribution is 2.34. The molecule has 1 aliphatic rings. The minimum Gasteiger partial charge on any atom is -0.495 e. The number of aromatic nitrogens is 5. The second-order valence-corrected chi connectivity index (χ2v) is 7.03. The number of nitrogens with zero attached hydrogens (tertiary/aromatic N) is 5. The SMILES string of the molecule is COc1ccccc1NC(=O)C1=CNc2nc(-c3cccnc3)nn2[C@@H]1c1ccncc1. The third-order valence-electron chi connectivity index (χ3n) is 5.09. The Balaban J connectivity index is 1.54. The number of rotatable bonds is 5. The predicted molar refractivity (Wildman–Crippen MR) is 119 cm³/mol. The van der Waals surface area contributed by atoms with E-state index in [0.29, 0.717) is 28.8 Å². The van der Waals surface area contributed by atoms with Crippen molar-refractivity contribution in [2.24, 2.45) is 0 Å². The van der Waals surface area contributed by atoms with Crippen LogP contribution in [-0.2, 0) is 4.79 Å². The third kappa shape index (κ3) is 3.56. The number of fused-ring (bicyclic) bond motifs is 1. The van der Waals surface area contributed by atoms with E-state index in [1.54, 1.807) is 54.9 Å². The van der Waals surface area contributed by atoms with Crippen molar-refractivity contribution in [1.29, 1.82) is 0 Å². The van der Waals surface area contributed by atoms with E-state index in [9.17, 15) is 4.79 Å². The smallest absolute Gasteiger partial charge is 0.255 e. The molecule has 1 atom stereocenters. The van der Waals surface area contributed by atoms with Crippen molar-refractivity contribution in [3.8, 4) is 17.1 Å². The van der Waals surface area contributed by atoms with Crippen LogP contribution in [0.2, 0.25) is 0 Å². The molecule has 1 aromatic carbocycles. The Bertz CT molecular complexity index is 1290. The van der Waals surface area contributed by atoms with E-state index in [-0.39, 0.29) is 5.91 Å². The number of nitrogens with one attached hydrogen (secondary N) is 2. The van der Waals surface area contributed by atoms with E-state index in [1.165, 1.54) is 0 Å². The topological polar surface area (TPSA) is 107 Å². The van der Waals surface area contributed by atoms with Gasteiger partial charge in [0.1, 0.15) is 11.8 Å². The van der Waals surface area contributed by atoms with Crippen LogP contribution in [-0.4, -0.2) is 37.7 Å². The van der Waals surface area contributed by atoms with Gasteiger partial charge in [-0.1, -0.05) is 12.1 Å². The number of pyridine rings is 2. The minimum absolute atomic E-state index is 0.284. The zero-order chi connectivity index (χ0) is 21.9. The molecule has 0 saturated heterocycles. The second-order valence-electron chi connectivity index (χ2n) is 7.03. The fraction of sp³-hybridized carbons (Fsp3) is 0.0870. The zero-order valence-corrected chi connectivity index (χ0v) is 17.1. The summed E-state index contributed by atoms with van der Waals surface area (Å²) in [5, 5.41) is 10.7. The van der Waals surface area contributed by atoms with Crippen molar-refractivity contribution in [1.82, 2.24) is 24.7 Å². The van der Waals surface area contributed by atoms with Crippen LogP contribution < -0.4 is 15.4 Å². The van der Waals surface area contributed by atoms with Gasteiger partial charge < -0.3 is 15.4 Å². The van der Waals surface area contributed by atoms with Crippen molar-refractivity contribution in [2.45, 2.75) is 6.04 Å². The average molecular weight is 425 g/mol. The number of ether oxygens (including phenoxy) is 1. The molecule has 9 heteroatoms. The van der Waals surface area contributed by atoms with Crippen LogP contribution in [0.1, 0.15) is 11.6 Å². The van der Waals surface area contributed by atoms with Crippen molar-refractivity contribution in [3.05, 3.63) is 90.7 Å². The molecule has 0 saturated carbocycles. The molecule has 3 aromatic heterocycles. The minimum atomic E-state index is -0.498. The largest absolute Gasteiger partial charge is 0.495 e. The fourth-order valence-corrected chi connectivity index (χ4v) is 3.57. The molecule has 0 spiro atoms. The van der Waals surface area contributed by atoms with Crippen molar-refractivity contribution < 1.29 is 9.53 Å². The number of carbonyl (C=O) groups excluding carboxylic acids is 1. The molecule has 2 N–H and O–H groups in total. The molecule has 4 heterocycles. The van der Waals surface area contributed by atoms with Crippen molar-refractivity contribution >= 4 is 17.5 Å². The van der Waals surface area contributed by atoms with Crippen LogP contribution in [0.25, 0.3) is 11.4 Å². The first-order valence-electron chi connectivity index (χ1n) is 9.92. The molecule has 0 unspecified atom stereocenters. The van der Waals surface area contributed by atoms with E-state index in [0.717, 1.165) is 11.1 Å². The molecule has 0 bridgehead atoms. The standard InChI is InChI=1S/C23H19N7O2/c1-32-19-7-3-2-6-18(19)27-22(31)17-14-26-23-28-21(16-5-4-10-25-13-16)29-30(23)20(17)15-8-11-24-12-9-15/h2-14,20H,1H3,(H,27,31)(H,26,28,29)/t20-/m1/s1. The summed E-state index contributed by atoms with van der Waals surface area (Å²) in [4.78, 5) is 26.2. The molecule has 0 aliphatic carbocycles. The van der Waals surface area contributed by atoms with E-state index >= 15 is 0 Å². The normalized spacial score (nSPS) is 14.7. The molecule has 5 rings (SSSR count). The molecule has 0 radical (unpaired) electrons. The first-order valence-corrected chi connectivity index (χ1v) is 9.92. The summed E-state index contributed by atoms with van der Waals surface area (Å²) in [7, 11) is 1.56. The zero-order valence-electron chi connectivity index (χ0n) is 17.1. The van der Waals surface area contributed by atoms with Crippen LogP contribution >= 0.6 is 0 Å². The quantitative estimate of drug-likeness (QED) is 0.505. The van der Waals surface area contributed by atoms with Crippen LogP contribution in [0.15, 0.2) is 85.1 Å². The summed E-state index contributed by atoms with van der Waals surface area (Å²) in [6.07, 6.45) is 8.43. The summed E-state index contributed by atoms with van der Waals surface area (Å²) < 4.78 is 7.07. The van der Waals surface area contributed by atoms with Gasteiger partial charge in [0.15, 0.2) is 5.82 Å². The van der Waals surface area contributed by atoms with Crippen LogP contribution in [0, 0.1) is 0 Å². The number of benzene rings is 1. The number of carbonyl (C=O) groups is 1. The number of hydrogen-bond donors (Lipinski definition) is 2. The van der Waals surface area contributed by atoms with E-state index < -0.39 is 6.04 Å². The molecule has 1 amide bonds. The molecule has 0 fully saturated rings.